The summed E-state index contributed by atoms with van der Waals surface area (Å²) in [7, 11) is 0. The maximum absolute atomic E-state index is 5.98. The summed E-state index contributed by atoms with van der Waals surface area (Å²) in [6.45, 7) is 3.56. The van der Waals surface area contributed by atoms with Crippen molar-refractivity contribution in [3.63, 3.8) is 0 Å². The molecular formula is C12H16ClNS. The average Bonchev–Trinajstić information content (AvgIpc) is 3.07. The van der Waals surface area contributed by atoms with E-state index in [4.69, 9.17) is 11.6 Å². The van der Waals surface area contributed by atoms with Crippen LogP contribution in [0.1, 0.15) is 31.1 Å². The van der Waals surface area contributed by atoms with Crippen molar-refractivity contribution in [1.82, 2.24) is 5.32 Å². The lowest BCUT2D eigenvalue weighted by Gasteiger charge is -2.09. The highest BCUT2D eigenvalue weighted by molar-refractivity contribution is 7.16. The largest absolute Gasteiger partial charge is 0.314 e. The third-order valence-corrected chi connectivity index (χ3v) is 5.29. The van der Waals surface area contributed by atoms with Crippen molar-refractivity contribution in [3.05, 3.63) is 21.3 Å². The van der Waals surface area contributed by atoms with Crippen LogP contribution in [0.2, 0.25) is 4.34 Å². The zero-order chi connectivity index (χ0) is 10.5. The molecule has 82 valence electrons. The van der Waals surface area contributed by atoms with Gasteiger partial charge in [-0.15, -0.1) is 11.3 Å². The molecule has 0 aliphatic heterocycles. The molecule has 3 heteroatoms. The van der Waals surface area contributed by atoms with Crippen molar-refractivity contribution in [3.8, 4) is 0 Å². The number of thiophene rings is 1. The lowest BCUT2D eigenvalue weighted by molar-refractivity contribution is 0.580. The van der Waals surface area contributed by atoms with Gasteiger partial charge in [0.2, 0.25) is 0 Å². The van der Waals surface area contributed by atoms with Gasteiger partial charge in [-0.05, 0) is 43.9 Å². The Morgan fingerprint density at radius 3 is 2.93 bits per heavy atom. The third-order valence-electron chi connectivity index (χ3n) is 3.78. The van der Waals surface area contributed by atoms with Gasteiger partial charge in [0.05, 0.1) is 4.34 Å². The van der Waals surface area contributed by atoms with Gasteiger partial charge in [0.1, 0.15) is 0 Å². The smallest absolute Gasteiger partial charge is 0.0931 e. The van der Waals surface area contributed by atoms with Gasteiger partial charge in [-0.3, -0.25) is 0 Å². The van der Waals surface area contributed by atoms with Crippen molar-refractivity contribution in [2.24, 2.45) is 5.92 Å². The fourth-order valence-corrected chi connectivity index (χ4v) is 3.55. The predicted octanol–water partition coefficient (Wildman–Crippen LogP) is 3.43. The minimum Gasteiger partial charge on any atom is -0.314 e. The molecule has 2 aliphatic rings. The number of rotatable bonds is 4. The minimum absolute atomic E-state index is 0.416. The summed E-state index contributed by atoms with van der Waals surface area (Å²) < 4.78 is 0.923. The molecule has 2 atom stereocenters. The second-order valence-corrected chi connectivity index (χ2v) is 6.82. The Morgan fingerprint density at radius 1 is 1.53 bits per heavy atom. The minimum atomic E-state index is 0.416. The Morgan fingerprint density at radius 2 is 2.33 bits per heavy atom. The zero-order valence-corrected chi connectivity index (χ0v) is 10.5. The molecule has 0 amide bonds. The molecule has 2 aliphatic carbocycles. The molecule has 2 unspecified atom stereocenters. The summed E-state index contributed by atoms with van der Waals surface area (Å²) in [5.74, 6) is 0.827. The highest BCUT2D eigenvalue weighted by Crippen LogP contribution is 2.55. The van der Waals surface area contributed by atoms with Gasteiger partial charge in [0, 0.05) is 16.3 Å². The van der Waals surface area contributed by atoms with Gasteiger partial charge < -0.3 is 5.32 Å². The van der Waals surface area contributed by atoms with Crippen molar-refractivity contribution in [2.75, 3.05) is 6.54 Å². The molecule has 2 fully saturated rings. The molecule has 0 radical (unpaired) electrons. The first-order chi connectivity index (χ1) is 7.18. The average molecular weight is 242 g/mol. The Balaban J connectivity index is 1.61. The topological polar surface area (TPSA) is 12.0 Å². The standard InChI is InChI=1S/C12H16ClNS/c1-12(10-4-5-11(13)15-10)6-8(12)7-14-9-2-3-9/h4-5,8-9,14H,2-3,6-7H2,1H3. The summed E-state index contributed by atoms with van der Waals surface area (Å²) >= 11 is 7.73. The van der Waals surface area contributed by atoms with Crippen molar-refractivity contribution in [2.45, 2.75) is 37.6 Å². The van der Waals surface area contributed by atoms with E-state index in [1.54, 1.807) is 11.3 Å². The Kier molecular flexibility index (Phi) is 2.35. The first-order valence-electron chi connectivity index (χ1n) is 5.68. The fourth-order valence-electron chi connectivity index (χ4n) is 2.27. The van der Waals surface area contributed by atoms with Crippen LogP contribution in [0.15, 0.2) is 12.1 Å². The van der Waals surface area contributed by atoms with Crippen molar-refractivity contribution >= 4 is 22.9 Å². The van der Waals surface area contributed by atoms with Gasteiger partial charge in [0.15, 0.2) is 0 Å². The van der Waals surface area contributed by atoms with Crippen molar-refractivity contribution in [1.29, 1.82) is 0 Å². The first kappa shape index (κ1) is 10.1. The van der Waals surface area contributed by atoms with Gasteiger partial charge in [0.25, 0.3) is 0 Å². The van der Waals surface area contributed by atoms with Crippen LogP contribution in [-0.4, -0.2) is 12.6 Å². The molecule has 1 N–H and O–H groups in total. The van der Waals surface area contributed by atoms with E-state index in [9.17, 15) is 0 Å². The number of halogens is 1. The SMILES string of the molecule is CC1(c2ccc(Cl)s2)CC1CNC1CC1. The van der Waals surface area contributed by atoms with E-state index < -0.39 is 0 Å². The van der Waals surface area contributed by atoms with E-state index in [0.29, 0.717) is 5.41 Å². The molecule has 1 heterocycles. The van der Waals surface area contributed by atoms with E-state index in [0.717, 1.165) is 16.3 Å². The van der Waals surface area contributed by atoms with Crippen LogP contribution in [0, 0.1) is 5.92 Å². The van der Waals surface area contributed by atoms with Crippen LogP contribution in [0.5, 0.6) is 0 Å². The summed E-state index contributed by atoms with van der Waals surface area (Å²) in [4.78, 5) is 1.47. The Bertz CT molecular complexity index is 371. The first-order valence-corrected chi connectivity index (χ1v) is 6.87. The van der Waals surface area contributed by atoms with E-state index in [2.05, 4.69) is 18.3 Å². The molecular weight excluding hydrogens is 226 g/mol. The Labute approximate surface area is 99.8 Å². The maximum atomic E-state index is 5.98. The van der Waals surface area contributed by atoms with E-state index >= 15 is 0 Å². The lowest BCUT2D eigenvalue weighted by Crippen LogP contribution is -2.21. The van der Waals surface area contributed by atoms with Crippen LogP contribution >= 0.6 is 22.9 Å². The zero-order valence-electron chi connectivity index (χ0n) is 8.92. The number of nitrogens with one attached hydrogen (secondary N) is 1. The molecule has 0 spiro atoms. The van der Waals surface area contributed by atoms with Crippen LogP contribution in [0.3, 0.4) is 0 Å². The van der Waals surface area contributed by atoms with Crippen LogP contribution in [0.4, 0.5) is 0 Å². The Hall–Kier alpha value is -0.0500. The van der Waals surface area contributed by atoms with Crippen molar-refractivity contribution < 1.29 is 0 Å². The molecule has 0 bridgehead atoms. The molecule has 0 saturated heterocycles. The van der Waals surface area contributed by atoms with Crippen LogP contribution in [0.25, 0.3) is 0 Å². The number of hydrogen-bond acceptors (Lipinski definition) is 2. The predicted molar refractivity (Wildman–Crippen MR) is 65.8 cm³/mol. The lowest BCUT2D eigenvalue weighted by atomic mass is 10.0. The monoisotopic (exact) mass is 241 g/mol. The number of hydrogen-bond donors (Lipinski definition) is 1. The summed E-state index contributed by atoms with van der Waals surface area (Å²) in [6.07, 6.45) is 4.09. The van der Waals surface area contributed by atoms with E-state index in [1.165, 1.54) is 30.7 Å². The fraction of sp³-hybridized carbons (Fsp3) is 0.667. The van der Waals surface area contributed by atoms with Crippen LogP contribution in [-0.2, 0) is 5.41 Å². The van der Waals surface area contributed by atoms with E-state index in [-0.39, 0.29) is 0 Å². The van der Waals surface area contributed by atoms with Gasteiger partial charge in [-0.1, -0.05) is 18.5 Å². The molecule has 15 heavy (non-hydrogen) atoms. The second kappa shape index (κ2) is 3.47. The van der Waals surface area contributed by atoms with Gasteiger partial charge in [-0.2, -0.15) is 0 Å². The third kappa shape index (κ3) is 1.95. The second-order valence-electron chi connectivity index (χ2n) is 5.10. The normalized spacial score (nSPS) is 34.4. The molecule has 1 aromatic heterocycles. The van der Waals surface area contributed by atoms with Crippen LogP contribution < -0.4 is 5.32 Å². The highest BCUT2D eigenvalue weighted by Gasteiger charge is 2.51. The molecule has 0 aromatic carbocycles. The summed E-state index contributed by atoms with van der Waals surface area (Å²) in [6, 6.07) is 5.06. The van der Waals surface area contributed by atoms with Gasteiger partial charge in [-0.25, -0.2) is 0 Å². The van der Waals surface area contributed by atoms with E-state index in [1.807, 2.05) is 6.07 Å². The highest BCUT2D eigenvalue weighted by atomic mass is 35.5. The van der Waals surface area contributed by atoms with Gasteiger partial charge >= 0.3 is 0 Å². The summed E-state index contributed by atoms with van der Waals surface area (Å²) in [5, 5.41) is 3.62. The molecule has 2 saturated carbocycles. The summed E-state index contributed by atoms with van der Waals surface area (Å²) in [5.41, 5.74) is 0.416. The molecule has 1 nitrogen and oxygen atoms in total. The quantitative estimate of drug-likeness (QED) is 0.852. The molecule has 3 rings (SSSR count). The maximum Gasteiger partial charge on any atom is 0.0931 e. The molecule has 1 aromatic rings.